The van der Waals surface area contributed by atoms with Crippen molar-refractivity contribution in [2.75, 3.05) is 45.0 Å². The minimum Gasteiger partial charge on any atom is -0.497 e. The third-order valence-corrected chi connectivity index (χ3v) is 7.16. The van der Waals surface area contributed by atoms with Gasteiger partial charge < -0.3 is 24.4 Å². The zero-order valence-electron chi connectivity index (χ0n) is 23.0. The predicted molar refractivity (Wildman–Crippen MR) is 147 cm³/mol. The number of carbonyl (C=O) groups is 2. The number of methoxy groups -OCH3 is 3. The Morgan fingerprint density at radius 2 is 1.66 bits per heavy atom. The Bertz CT molecular complexity index is 1190. The second-order valence-electron chi connectivity index (χ2n) is 8.75. The summed E-state index contributed by atoms with van der Waals surface area (Å²) in [5, 5.41) is 2.90. The molecule has 1 N–H and O–H groups in total. The molecule has 0 aromatic heterocycles. The van der Waals surface area contributed by atoms with E-state index in [2.05, 4.69) is 5.32 Å². The van der Waals surface area contributed by atoms with Crippen LogP contribution in [0, 0.1) is 0 Å². The largest absolute Gasteiger partial charge is 0.497 e. The summed E-state index contributed by atoms with van der Waals surface area (Å²) < 4.78 is 42.8. The quantitative estimate of drug-likeness (QED) is 0.339. The van der Waals surface area contributed by atoms with Gasteiger partial charge in [-0.15, -0.1) is 0 Å². The highest BCUT2D eigenvalue weighted by atomic mass is 32.2. The molecule has 0 heterocycles. The maximum Gasteiger partial charge on any atom is 0.244 e. The molecule has 0 spiro atoms. The molecular formula is C27H39N3O7S. The van der Waals surface area contributed by atoms with Gasteiger partial charge in [0.05, 0.1) is 33.3 Å². The van der Waals surface area contributed by atoms with Crippen molar-refractivity contribution in [3.05, 3.63) is 48.0 Å². The molecule has 0 fully saturated rings. The fraction of sp³-hybridized carbons (Fsp3) is 0.481. The molecule has 1 unspecified atom stereocenters. The number of amides is 2. The monoisotopic (exact) mass is 549 g/mol. The highest BCUT2D eigenvalue weighted by Crippen LogP contribution is 2.34. The Kier molecular flexibility index (Phi) is 11.7. The molecule has 210 valence electrons. The summed E-state index contributed by atoms with van der Waals surface area (Å²) in [6.45, 7) is 3.88. The van der Waals surface area contributed by atoms with Crippen molar-refractivity contribution in [3.8, 4) is 17.2 Å². The number of anilines is 1. The summed E-state index contributed by atoms with van der Waals surface area (Å²) in [6, 6.07) is 11.1. The van der Waals surface area contributed by atoms with Crippen molar-refractivity contribution in [2.24, 2.45) is 0 Å². The second-order valence-corrected chi connectivity index (χ2v) is 10.7. The molecule has 11 heteroatoms. The van der Waals surface area contributed by atoms with Gasteiger partial charge in [0.15, 0.2) is 0 Å². The molecular weight excluding hydrogens is 510 g/mol. The van der Waals surface area contributed by atoms with E-state index < -0.39 is 28.5 Å². The lowest BCUT2D eigenvalue weighted by molar-refractivity contribution is -0.140. The van der Waals surface area contributed by atoms with Crippen molar-refractivity contribution in [2.45, 2.75) is 45.7 Å². The fourth-order valence-corrected chi connectivity index (χ4v) is 4.82. The number of nitrogens with zero attached hydrogens (tertiary/aromatic N) is 2. The van der Waals surface area contributed by atoms with E-state index >= 15 is 0 Å². The molecule has 38 heavy (non-hydrogen) atoms. The van der Waals surface area contributed by atoms with Gasteiger partial charge in [-0.25, -0.2) is 8.42 Å². The van der Waals surface area contributed by atoms with Crippen LogP contribution in [-0.4, -0.2) is 71.8 Å². The van der Waals surface area contributed by atoms with Crippen LogP contribution in [0.4, 0.5) is 5.69 Å². The van der Waals surface area contributed by atoms with Gasteiger partial charge in [0.2, 0.25) is 21.8 Å². The van der Waals surface area contributed by atoms with E-state index in [9.17, 15) is 18.0 Å². The highest BCUT2D eigenvalue weighted by molar-refractivity contribution is 7.92. The first-order chi connectivity index (χ1) is 18.1. The number of nitrogens with one attached hydrogen (secondary N) is 1. The molecule has 2 aromatic rings. The van der Waals surface area contributed by atoms with Crippen LogP contribution in [0.3, 0.4) is 0 Å². The molecule has 0 saturated heterocycles. The molecule has 2 amide bonds. The minimum atomic E-state index is -3.93. The van der Waals surface area contributed by atoms with Crippen molar-refractivity contribution < 1.29 is 32.2 Å². The van der Waals surface area contributed by atoms with E-state index in [4.69, 9.17) is 14.2 Å². The average molecular weight is 550 g/mol. The zero-order chi connectivity index (χ0) is 28.3. The van der Waals surface area contributed by atoms with Gasteiger partial charge in [-0.1, -0.05) is 32.4 Å². The third kappa shape index (κ3) is 8.27. The Morgan fingerprint density at radius 3 is 2.24 bits per heavy atom. The number of unbranched alkanes of at least 4 members (excludes halogenated alkanes) is 1. The van der Waals surface area contributed by atoms with Crippen LogP contribution in [0.15, 0.2) is 42.5 Å². The lowest BCUT2D eigenvalue weighted by Gasteiger charge is -2.33. The molecule has 2 aromatic carbocycles. The smallest absolute Gasteiger partial charge is 0.244 e. The van der Waals surface area contributed by atoms with Gasteiger partial charge in [0.1, 0.15) is 29.8 Å². The van der Waals surface area contributed by atoms with Crippen LogP contribution in [0.25, 0.3) is 0 Å². The standard InChI is InChI=1S/C27H39N3O7S/c1-7-9-15-28-27(32)23(8-2)29(18-20-11-10-12-21(16-20)35-3)26(31)19-30(38(6,33)34)24-17-22(36-4)13-14-25(24)37-5/h10-14,16-17,23H,7-9,15,18-19H2,1-6H3,(H,28,32). The number of carbonyl (C=O) groups excluding carboxylic acids is 2. The third-order valence-electron chi connectivity index (χ3n) is 6.04. The lowest BCUT2D eigenvalue weighted by Crippen LogP contribution is -2.52. The number of hydrogen-bond donors (Lipinski definition) is 1. The Labute approximate surface area is 225 Å². The summed E-state index contributed by atoms with van der Waals surface area (Å²) in [4.78, 5) is 28.4. The maximum absolute atomic E-state index is 13.9. The van der Waals surface area contributed by atoms with Gasteiger partial charge in [0, 0.05) is 19.2 Å². The van der Waals surface area contributed by atoms with Gasteiger partial charge in [-0.05, 0) is 42.7 Å². The first-order valence-electron chi connectivity index (χ1n) is 12.5. The van der Waals surface area contributed by atoms with E-state index in [0.717, 1.165) is 29.0 Å². The summed E-state index contributed by atoms with van der Waals surface area (Å²) in [5.41, 5.74) is 0.895. The van der Waals surface area contributed by atoms with E-state index in [0.29, 0.717) is 24.5 Å². The van der Waals surface area contributed by atoms with Crippen LogP contribution >= 0.6 is 0 Å². The van der Waals surface area contributed by atoms with Gasteiger partial charge in [-0.3, -0.25) is 13.9 Å². The fourth-order valence-electron chi connectivity index (χ4n) is 3.98. The van der Waals surface area contributed by atoms with Crippen molar-refractivity contribution in [1.29, 1.82) is 0 Å². The van der Waals surface area contributed by atoms with Crippen LogP contribution in [0.1, 0.15) is 38.7 Å². The van der Waals surface area contributed by atoms with E-state index in [-0.39, 0.29) is 23.9 Å². The van der Waals surface area contributed by atoms with Gasteiger partial charge in [-0.2, -0.15) is 0 Å². The predicted octanol–water partition coefficient (Wildman–Crippen LogP) is 3.20. The van der Waals surface area contributed by atoms with Crippen LogP contribution in [0.5, 0.6) is 17.2 Å². The first-order valence-corrected chi connectivity index (χ1v) is 14.3. The summed E-state index contributed by atoms with van der Waals surface area (Å²) in [6.07, 6.45) is 3.08. The summed E-state index contributed by atoms with van der Waals surface area (Å²) in [7, 11) is 0.489. The Balaban J connectivity index is 2.51. The number of benzene rings is 2. The Hall–Kier alpha value is -3.47. The number of hydrogen-bond acceptors (Lipinski definition) is 7. The van der Waals surface area contributed by atoms with Crippen molar-refractivity contribution in [1.82, 2.24) is 10.2 Å². The second kappa shape index (κ2) is 14.5. The lowest BCUT2D eigenvalue weighted by atomic mass is 10.1. The number of sulfonamides is 1. The van der Waals surface area contributed by atoms with Gasteiger partial charge >= 0.3 is 0 Å². The molecule has 0 radical (unpaired) electrons. The molecule has 2 rings (SSSR count). The molecule has 0 aliphatic heterocycles. The van der Waals surface area contributed by atoms with Crippen molar-refractivity contribution >= 4 is 27.5 Å². The molecule has 0 bridgehead atoms. The molecule has 10 nitrogen and oxygen atoms in total. The normalized spacial score (nSPS) is 11.8. The zero-order valence-corrected chi connectivity index (χ0v) is 23.8. The summed E-state index contributed by atoms with van der Waals surface area (Å²) in [5.74, 6) is 0.432. The SMILES string of the molecule is CCCCNC(=O)C(CC)N(Cc1cccc(OC)c1)C(=O)CN(c1cc(OC)ccc1OC)S(C)(=O)=O. The van der Waals surface area contributed by atoms with Crippen LogP contribution < -0.4 is 23.8 Å². The molecule has 0 aliphatic rings. The first kappa shape index (κ1) is 30.8. The van der Waals surface area contributed by atoms with Crippen molar-refractivity contribution in [3.63, 3.8) is 0 Å². The van der Waals surface area contributed by atoms with E-state index in [1.54, 1.807) is 37.4 Å². The van der Waals surface area contributed by atoms with Gasteiger partial charge in [0.25, 0.3) is 0 Å². The van der Waals surface area contributed by atoms with E-state index in [1.165, 1.54) is 25.2 Å². The minimum absolute atomic E-state index is 0.0859. The van der Waals surface area contributed by atoms with Crippen LogP contribution in [0.2, 0.25) is 0 Å². The van der Waals surface area contributed by atoms with E-state index in [1.807, 2.05) is 19.9 Å². The summed E-state index contributed by atoms with van der Waals surface area (Å²) >= 11 is 0. The molecule has 0 saturated carbocycles. The maximum atomic E-state index is 13.9. The molecule has 0 aliphatic carbocycles. The Morgan fingerprint density at radius 1 is 0.974 bits per heavy atom. The molecule has 1 atom stereocenters. The number of rotatable bonds is 15. The average Bonchev–Trinajstić information content (AvgIpc) is 2.90. The van der Waals surface area contributed by atoms with Crippen LogP contribution in [-0.2, 0) is 26.2 Å². The topological polar surface area (TPSA) is 114 Å². The number of ether oxygens (including phenoxy) is 3. The highest BCUT2D eigenvalue weighted by Gasteiger charge is 2.32.